The predicted molar refractivity (Wildman–Crippen MR) is 112 cm³/mol. The highest BCUT2D eigenvalue weighted by molar-refractivity contribution is 7.85. The summed E-state index contributed by atoms with van der Waals surface area (Å²) >= 11 is 0. The van der Waals surface area contributed by atoms with Crippen LogP contribution in [0.3, 0.4) is 0 Å². The fourth-order valence-corrected chi connectivity index (χ4v) is 4.96. The first-order valence-electron chi connectivity index (χ1n) is 10.6. The molecule has 1 rings (SSSR count). The van der Waals surface area contributed by atoms with Crippen LogP contribution in [0, 0.1) is 11.8 Å². The van der Waals surface area contributed by atoms with Gasteiger partial charge in [0.15, 0.2) is 0 Å². The largest absolute Gasteiger partial charge is 0.748 e. The Morgan fingerprint density at radius 2 is 1.87 bits per heavy atom. The maximum Gasteiger partial charge on any atom is 0.223 e. The number of hydrogen-bond acceptors (Lipinski definition) is 6. The molecule has 3 N–H and O–H groups in total. The molecule has 10 heteroatoms. The molecule has 0 aromatic rings. The summed E-state index contributed by atoms with van der Waals surface area (Å²) in [6, 6.07) is -0.169. The van der Waals surface area contributed by atoms with E-state index in [9.17, 15) is 27.4 Å². The zero-order valence-corrected chi connectivity index (χ0v) is 19.3. The van der Waals surface area contributed by atoms with E-state index in [1.165, 1.54) is 13.8 Å². The van der Waals surface area contributed by atoms with Gasteiger partial charge in [-0.15, -0.1) is 0 Å². The molecule has 0 spiro atoms. The molecule has 3 amide bonds. The number of carbonyl (C=O) groups excluding carboxylic acids is 3. The van der Waals surface area contributed by atoms with Gasteiger partial charge in [0, 0.05) is 36.4 Å². The van der Waals surface area contributed by atoms with E-state index >= 15 is 0 Å². The minimum absolute atomic E-state index is 0.0687. The normalized spacial score (nSPS) is 19.0. The molecule has 0 aromatic heterocycles. The van der Waals surface area contributed by atoms with Crippen molar-refractivity contribution in [3.05, 3.63) is 0 Å². The number of carbonyl (C=O) groups is 3. The van der Waals surface area contributed by atoms with Crippen molar-refractivity contribution in [2.45, 2.75) is 84.2 Å². The van der Waals surface area contributed by atoms with Crippen molar-refractivity contribution in [3.63, 3.8) is 0 Å². The Kier molecular flexibility index (Phi) is 9.74. The number of nitrogens with zero attached hydrogens (tertiary/aromatic N) is 1. The van der Waals surface area contributed by atoms with Gasteiger partial charge in [-0.05, 0) is 46.0 Å². The molecule has 0 aliphatic carbocycles. The molecule has 30 heavy (non-hydrogen) atoms. The van der Waals surface area contributed by atoms with Gasteiger partial charge in [0.2, 0.25) is 17.7 Å². The van der Waals surface area contributed by atoms with Gasteiger partial charge in [-0.2, -0.15) is 0 Å². The lowest BCUT2D eigenvalue weighted by Crippen LogP contribution is -2.51. The fourth-order valence-electron chi connectivity index (χ4n) is 4.00. The topological polar surface area (TPSA) is 150 Å². The number of amides is 3. The Bertz CT molecular complexity index is 722. The summed E-state index contributed by atoms with van der Waals surface area (Å²) in [5.74, 6) is -2.87. The lowest BCUT2D eigenvalue weighted by atomic mass is 9.87. The number of nitrogens with one attached hydrogen (secondary N) is 1. The number of rotatable bonds is 11. The van der Waals surface area contributed by atoms with Crippen LogP contribution < -0.4 is 11.1 Å². The van der Waals surface area contributed by atoms with Crippen molar-refractivity contribution in [1.29, 1.82) is 0 Å². The van der Waals surface area contributed by atoms with E-state index in [0.29, 0.717) is 25.8 Å². The van der Waals surface area contributed by atoms with Gasteiger partial charge in [-0.25, -0.2) is 8.42 Å². The maximum atomic E-state index is 13.0. The molecule has 0 aromatic carbocycles. The molecule has 0 radical (unpaired) electrons. The monoisotopic (exact) mass is 446 g/mol. The molecule has 3 atom stereocenters. The molecule has 1 heterocycles. The van der Waals surface area contributed by atoms with Crippen LogP contribution in [0.15, 0.2) is 0 Å². The average molecular weight is 447 g/mol. The van der Waals surface area contributed by atoms with E-state index in [4.69, 9.17) is 5.73 Å². The lowest BCUT2D eigenvalue weighted by molar-refractivity contribution is -0.136. The Morgan fingerprint density at radius 1 is 1.23 bits per heavy atom. The first-order valence-corrected chi connectivity index (χ1v) is 12.2. The SMILES string of the molecule is CCC(CC(CC(C)C(N)=O)C(=O)NC(C)(C)CS(=O)(=O)[O-])N1CCCCCC1=O. The lowest BCUT2D eigenvalue weighted by Gasteiger charge is -2.35. The van der Waals surface area contributed by atoms with Crippen LogP contribution in [-0.4, -0.2) is 59.5 Å². The van der Waals surface area contributed by atoms with Crippen LogP contribution >= 0.6 is 0 Å². The van der Waals surface area contributed by atoms with Crippen LogP contribution in [0.25, 0.3) is 0 Å². The zero-order valence-electron chi connectivity index (χ0n) is 18.5. The summed E-state index contributed by atoms with van der Waals surface area (Å²) in [4.78, 5) is 39.0. The van der Waals surface area contributed by atoms with Crippen molar-refractivity contribution in [3.8, 4) is 0 Å². The van der Waals surface area contributed by atoms with E-state index in [1.807, 2.05) is 11.8 Å². The summed E-state index contributed by atoms with van der Waals surface area (Å²) in [6.45, 7) is 7.14. The summed E-state index contributed by atoms with van der Waals surface area (Å²) in [6.07, 6.45) is 4.40. The molecular weight excluding hydrogens is 410 g/mol. The first kappa shape index (κ1) is 26.4. The molecule has 0 saturated carbocycles. The average Bonchev–Trinajstić information content (AvgIpc) is 2.80. The smallest absolute Gasteiger partial charge is 0.223 e. The minimum atomic E-state index is -4.54. The third-order valence-corrected chi connectivity index (χ3v) is 6.65. The fraction of sp³-hybridized carbons (Fsp3) is 0.850. The third-order valence-electron chi connectivity index (χ3n) is 5.57. The van der Waals surface area contributed by atoms with Gasteiger partial charge in [0.25, 0.3) is 0 Å². The summed E-state index contributed by atoms with van der Waals surface area (Å²) < 4.78 is 33.5. The van der Waals surface area contributed by atoms with Crippen molar-refractivity contribution in [2.24, 2.45) is 17.6 Å². The molecule has 3 unspecified atom stereocenters. The van der Waals surface area contributed by atoms with Crippen molar-refractivity contribution < 1.29 is 27.4 Å². The molecule has 1 aliphatic heterocycles. The van der Waals surface area contributed by atoms with Gasteiger partial charge in [-0.1, -0.05) is 20.3 Å². The van der Waals surface area contributed by atoms with Crippen molar-refractivity contribution in [1.82, 2.24) is 10.2 Å². The molecule has 1 aliphatic rings. The quantitative estimate of drug-likeness (QED) is 0.454. The van der Waals surface area contributed by atoms with Gasteiger partial charge in [-0.3, -0.25) is 14.4 Å². The number of nitrogens with two attached hydrogens (primary N) is 1. The first-order chi connectivity index (χ1) is 13.8. The Hall–Kier alpha value is -1.68. The molecule has 1 saturated heterocycles. The second kappa shape index (κ2) is 11.1. The standard InChI is InChI=1S/C20H37N3O6S/c1-5-16(23-10-8-6-7-9-17(23)24)12-15(11-14(2)18(21)25)19(26)22-20(3,4)13-30(27,28)29/h14-16H,5-13H2,1-4H3,(H2,21,25)(H,22,26)(H,27,28,29)/p-1. The van der Waals surface area contributed by atoms with Gasteiger partial charge < -0.3 is 20.5 Å². The van der Waals surface area contributed by atoms with Crippen LogP contribution in [0.4, 0.5) is 0 Å². The highest BCUT2D eigenvalue weighted by Crippen LogP contribution is 2.25. The van der Waals surface area contributed by atoms with E-state index in [2.05, 4.69) is 5.32 Å². The Balaban J connectivity index is 3.04. The summed E-state index contributed by atoms with van der Waals surface area (Å²) in [5.41, 5.74) is 4.13. The predicted octanol–water partition coefficient (Wildman–Crippen LogP) is 1.13. The van der Waals surface area contributed by atoms with Crippen molar-refractivity contribution in [2.75, 3.05) is 12.3 Å². The van der Waals surface area contributed by atoms with Crippen LogP contribution in [-0.2, 0) is 24.5 Å². The zero-order chi connectivity index (χ0) is 23.1. The summed E-state index contributed by atoms with van der Waals surface area (Å²) in [5, 5.41) is 2.64. The van der Waals surface area contributed by atoms with Crippen molar-refractivity contribution >= 4 is 27.8 Å². The van der Waals surface area contributed by atoms with E-state index in [-0.39, 0.29) is 18.4 Å². The minimum Gasteiger partial charge on any atom is -0.748 e. The highest BCUT2D eigenvalue weighted by atomic mass is 32.2. The molecule has 1 fully saturated rings. The van der Waals surface area contributed by atoms with Crippen LogP contribution in [0.5, 0.6) is 0 Å². The van der Waals surface area contributed by atoms with Crippen LogP contribution in [0.2, 0.25) is 0 Å². The molecule has 174 valence electrons. The molecule has 0 bridgehead atoms. The van der Waals surface area contributed by atoms with Gasteiger partial charge in [0.05, 0.1) is 15.9 Å². The molecular formula is C20H36N3O6S-. The van der Waals surface area contributed by atoms with E-state index < -0.39 is 45.1 Å². The second-order valence-electron chi connectivity index (χ2n) is 9.01. The second-order valence-corrected chi connectivity index (χ2v) is 10.4. The third kappa shape index (κ3) is 8.99. The number of primary amides is 1. The number of likely N-dealkylation sites (tertiary alicyclic amines) is 1. The van der Waals surface area contributed by atoms with E-state index in [1.54, 1.807) is 6.92 Å². The Labute approximate surface area is 179 Å². The van der Waals surface area contributed by atoms with Crippen LogP contribution in [0.1, 0.15) is 72.6 Å². The van der Waals surface area contributed by atoms with E-state index in [0.717, 1.165) is 19.3 Å². The van der Waals surface area contributed by atoms with Gasteiger partial charge in [0.1, 0.15) is 0 Å². The Morgan fingerprint density at radius 3 is 2.40 bits per heavy atom. The molecule has 9 nitrogen and oxygen atoms in total. The highest BCUT2D eigenvalue weighted by Gasteiger charge is 2.33. The summed E-state index contributed by atoms with van der Waals surface area (Å²) in [7, 11) is -4.54. The number of hydrogen-bond donors (Lipinski definition) is 2. The van der Waals surface area contributed by atoms with Gasteiger partial charge >= 0.3 is 0 Å². The maximum absolute atomic E-state index is 13.0.